The highest BCUT2D eigenvalue weighted by molar-refractivity contribution is 5.93. The third kappa shape index (κ3) is 6.64. The van der Waals surface area contributed by atoms with Gasteiger partial charge in [-0.2, -0.15) is 4.98 Å². The van der Waals surface area contributed by atoms with E-state index >= 15 is 0 Å². The van der Waals surface area contributed by atoms with Crippen LogP contribution in [-0.2, 0) is 11.3 Å². The van der Waals surface area contributed by atoms with Crippen molar-refractivity contribution in [2.75, 3.05) is 43.5 Å². The number of ether oxygens (including phenoxy) is 3. The van der Waals surface area contributed by atoms with E-state index in [4.69, 9.17) is 24.2 Å². The van der Waals surface area contributed by atoms with Gasteiger partial charge in [0.15, 0.2) is 11.5 Å². The monoisotopic (exact) mass is 533 g/mol. The second-order valence-electron chi connectivity index (χ2n) is 11.3. The van der Waals surface area contributed by atoms with E-state index in [1.165, 1.54) is 0 Å². The summed E-state index contributed by atoms with van der Waals surface area (Å²) in [7, 11) is 1.64. The Morgan fingerprint density at radius 3 is 2.51 bits per heavy atom. The van der Waals surface area contributed by atoms with Gasteiger partial charge in [0, 0.05) is 43.7 Å². The molecule has 2 saturated heterocycles. The summed E-state index contributed by atoms with van der Waals surface area (Å²) in [5.41, 5.74) is 1.34. The molecule has 0 saturated carbocycles. The standard InChI is InChI=1S/C30H39N5O4/c1-30(2,3)39-29(36)35-16-10-13-22(19-35)31-27-23-17-25(37-4)26(38-20-21-11-6-5-7-12-21)18-24(23)32-28(33-27)34-14-8-9-15-34/h5-7,11-12,17-18,22H,8-10,13-16,19-20H2,1-4H3,(H,31,32,33). The van der Waals surface area contributed by atoms with E-state index in [9.17, 15) is 4.79 Å². The van der Waals surface area contributed by atoms with Crippen molar-refractivity contribution in [3.05, 3.63) is 48.0 Å². The molecule has 5 rings (SSSR count). The van der Waals surface area contributed by atoms with Crippen molar-refractivity contribution in [1.82, 2.24) is 14.9 Å². The lowest BCUT2D eigenvalue weighted by molar-refractivity contribution is 0.0206. The van der Waals surface area contributed by atoms with Gasteiger partial charge in [-0.3, -0.25) is 0 Å². The van der Waals surface area contributed by atoms with E-state index in [0.717, 1.165) is 61.1 Å². The van der Waals surface area contributed by atoms with E-state index in [-0.39, 0.29) is 12.1 Å². The molecule has 2 fully saturated rings. The molecule has 0 spiro atoms. The third-order valence-electron chi connectivity index (χ3n) is 7.01. The number of carbonyl (C=O) groups is 1. The molecule has 39 heavy (non-hydrogen) atoms. The number of hydrogen-bond acceptors (Lipinski definition) is 8. The van der Waals surface area contributed by atoms with Crippen molar-refractivity contribution < 1.29 is 19.0 Å². The molecular formula is C30H39N5O4. The lowest BCUT2D eigenvalue weighted by atomic mass is 10.1. The number of hydrogen-bond donors (Lipinski definition) is 1. The van der Waals surface area contributed by atoms with Gasteiger partial charge in [-0.05, 0) is 58.1 Å². The number of nitrogens with zero attached hydrogens (tertiary/aromatic N) is 4. The highest BCUT2D eigenvalue weighted by atomic mass is 16.6. The highest BCUT2D eigenvalue weighted by Crippen LogP contribution is 2.36. The highest BCUT2D eigenvalue weighted by Gasteiger charge is 2.29. The first-order valence-corrected chi connectivity index (χ1v) is 13.8. The van der Waals surface area contributed by atoms with Gasteiger partial charge >= 0.3 is 6.09 Å². The number of anilines is 2. The molecule has 2 aliphatic heterocycles. The van der Waals surface area contributed by atoms with Crippen LogP contribution in [0.1, 0.15) is 52.0 Å². The first-order chi connectivity index (χ1) is 18.8. The zero-order chi connectivity index (χ0) is 27.4. The molecule has 0 bridgehead atoms. The van der Waals surface area contributed by atoms with E-state index in [1.54, 1.807) is 12.0 Å². The van der Waals surface area contributed by atoms with Gasteiger partial charge in [0.2, 0.25) is 5.95 Å². The molecule has 208 valence electrons. The fourth-order valence-corrected chi connectivity index (χ4v) is 5.08. The lowest BCUT2D eigenvalue weighted by Gasteiger charge is -2.34. The van der Waals surface area contributed by atoms with E-state index in [2.05, 4.69) is 10.2 Å². The molecule has 1 N–H and O–H groups in total. The smallest absolute Gasteiger partial charge is 0.410 e. The van der Waals surface area contributed by atoms with Crippen LogP contribution in [0, 0.1) is 0 Å². The van der Waals surface area contributed by atoms with Crippen LogP contribution < -0.4 is 19.7 Å². The fraction of sp³-hybridized carbons (Fsp3) is 0.500. The van der Waals surface area contributed by atoms with Crippen molar-refractivity contribution in [3.63, 3.8) is 0 Å². The van der Waals surface area contributed by atoms with Crippen molar-refractivity contribution in [2.45, 2.75) is 64.7 Å². The summed E-state index contributed by atoms with van der Waals surface area (Å²) >= 11 is 0. The van der Waals surface area contributed by atoms with Crippen LogP contribution in [0.2, 0.25) is 0 Å². The van der Waals surface area contributed by atoms with Gasteiger partial charge < -0.3 is 29.3 Å². The van der Waals surface area contributed by atoms with Crippen LogP contribution in [0.15, 0.2) is 42.5 Å². The Morgan fingerprint density at radius 2 is 1.79 bits per heavy atom. The van der Waals surface area contributed by atoms with Crippen molar-refractivity contribution in [2.24, 2.45) is 0 Å². The number of nitrogens with one attached hydrogen (secondary N) is 1. The number of rotatable bonds is 7. The summed E-state index contributed by atoms with van der Waals surface area (Å²) in [6.45, 7) is 9.22. The fourth-order valence-electron chi connectivity index (χ4n) is 5.08. The second-order valence-corrected chi connectivity index (χ2v) is 11.3. The maximum absolute atomic E-state index is 12.8. The summed E-state index contributed by atoms with van der Waals surface area (Å²) < 4.78 is 17.5. The largest absolute Gasteiger partial charge is 0.493 e. The van der Waals surface area contributed by atoms with Crippen LogP contribution >= 0.6 is 0 Å². The molecule has 9 nitrogen and oxygen atoms in total. The number of benzene rings is 2. The first kappa shape index (κ1) is 26.8. The van der Waals surface area contributed by atoms with Crippen LogP contribution in [0.3, 0.4) is 0 Å². The number of likely N-dealkylation sites (tertiary alicyclic amines) is 1. The number of amides is 1. The van der Waals surface area contributed by atoms with Crippen LogP contribution in [-0.4, -0.2) is 65.9 Å². The molecule has 9 heteroatoms. The topological polar surface area (TPSA) is 89.0 Å². The normalized spacial score (nSPS) is 17.8. The molecule has 0 aliphatic carbocycles. The molecule has 0 radical (unpaired) electrons. The van der Waals surface area contributed by atoms with E-state index < -0.39 is 5.60 Å². The Kier molecular flexibility index (Phi) is 7.95. The number of fused-ring (bicyclic) bond motifs is 1. The Balaban J connectivity index is 1.44. The van der Waals surface area contributed by atoms with Crippen molar-refractivity contribution in [1.29, 1.82) is 0 Å². The van der Waals surface area contributed by atoms with Gasteiger partial charge in [-0.15, -0.1) is 0 Å². The van der Waals surface area contributed by atoms with Gasteiger partial charge in [0.1, 0.15) is 18.0 Å². The van der Waals surface area contributed by atoms with Crippen LogP contribution in [0.4, 0.5) is 16.6 Å². The average molecular weight is 534 g/mol. The Bertz CT molecular complexity index is 1290. The molecule has 1 aromatic heterocycles. The first-order valence-electron chi connectivity index (χ1n) is 13.8. The van der Waals surface area contributed by atoms with Gasteiger partial charge in [0.05, 0.1) is 12.6 Å². The molecule has 3 aromatic rings. The maximum Gasteiger partial charge on any atom is 0.410 e. The number of aromatic nitrogens is 2. The van der Waals surface area contributed by atoms with Crippen molar-refractivity contribution >= 4 is 28.8 Å². The minimum atomic E-state index is -0.526. The van der Waals surface area contributed by atoms with Gasteiger partial charge in [-0.1, -0.05) is 30.3 Å². The minimum Gasteiger partial charge on any atom is -0.493 e. The molecule has 2 aromatic carbocycles. The zero-order valence-electron chi connectivity index (χ0n) is 23.4. The Morgan fingerprint density at radius 1 is 1.03 bits per heavy atom. The molecule has 1 amide bonds. The Labute approximate surface area is 230 Å². The minimum absolute atomic E-state index is 0.0378. The van der Waals surface area contributed by atoms with E-state index in [0.29, 0.717) is 37.1 Å². The summed E-state index contributed by atoms with van der Waals surface area (Å²) in [6, 6.07) is 14.0. The van der Waals surface area contributed by atoms with Crippen LogP contribution in [0.5, 0.6) is 11.5 Å². The zero-order valence-corrected chi connectivity index (χ0v) is 23.4. The quantitative estimate of drug-likeness (QED) is 0.418. The molecule has 3 heterocycles. The summed E-state index contributed by atoms with van der Waals surface area (Å²) in [6.07, 6.45) is 3.80. The second kappa shape index (κ2) is 11.6. The van der Waals surface area contributed by atoms with E-state index in [1.807, 2.05) is 63.2 Å². The number of methoxy groups -OCH3 is 1. The number of piperidine rings is 1. The number of carbonyl (C=O) groups excluding carboxylic acids is 1. The predicted octanol–water partition coefficient (Wildman–Crippen LogP) is 5.63. The molecule has 2 aliphatic rings. The lowest BCUT2D eigenvalue weighted by Crippen LogP contribution is -2.47. The van der Waals surface area contributed by atoms with Gasteiger partial charge in [0.25, 0.3) is 0 Å². The maximum atomic E-state index is 12.8. The molecule has 1 atom stereocenters. The summed E-state index contributed by atoms with van der Waals surface area (Å²) in [4.78, 5) is 26.7. The third-order valence-corrected chi connectivity index (χ3v) is 7.01. The molecular weight excluding hydrogens is 494 g/mol. The average Bonchev–Trinajstić information content (AvgIpc) is 3.46. The van der Waals surface area contributed by atoms with Crippen LogP contribution in [0.25, 0.3) is 10.9 Å². The summed E-state index contributed by atoms with van der Waals surface area (Å²) in [5.74, 6) is 2.71. The molecule has 1 unspecified atom stereocenters. The van der Waals surface area contributed by atoms with Gasteiger partial charge in [-0.25, -0.2) is 9.78 Å². The van der Waals surface area contributed by atoms with Crippen molar-refractivity contribution in [3.8, 4) is 11.5 Å². The predicted molar refractivity (Wildman–Crippen MR) is 153 cm³/mol. The summed E-state index contributed by atoms with van der Waals surface area (Å²) in [5, 5.41) is 4.50. The SMILES string of the molecule is COc1cc2c(NC3CCCN(C(=O)OC(C)(C)C)C3)nc(N3CCCC3)nc2cc1OCc1ccccc1. The Hall–Kier alpha value is -3.75.